The second-order valence-electron chi connectivity index (χ2n) is 9.05. The minimum absolute atomic E-state index is 0.169. The lowest BCUT2D eigenvalue weighted by molar-refractivity contribution is -0.126. The molecule has 1 aliphatic heterocycles. The summed E-state index contributed by atoms with van der Waals surface area (Å²) in [6.45, 7) is 3.73. The smallest absolute Gasteiger partial charge is 0.239 e. The first-order valence-electron chi connectivity index (χ1n) is 10.8. The maximum atomic E-state index is 13.9. The highest BCUT2D eigenvalue weighted by Gasteiger charge is 2.69. The molecule has 3 aliphatic carbocycles. The van der Waals surface area contributed by atoms with Gasteiger partial charge in [-0.2, -0.15) is 0 Å². The largest absolute Gasteiger partial charge is 0.392 e. The van der Waals surface area contributed by atoms with Crippen molar-refractivity contribution in [2.24, 2.45) is 11.8 Å². The highest BCUT2D eigenvalue weighted by molar-refractivity contribution is 6.23. The van der Waals surface area contributed by atoms with E-state index in [1.165, 1.54) is 4.90 Å². The van der Waals surface area contributed by atoms with Crippen LogP contribution in [0.2, 0.25) is 0 Å². The summed E-state index contributed by atoms with van der Waals surface area (Å²) < 4.78 is 0. The molecule has 154 valence electrons. The molecule has 1 N–H and O–H groups in total. The number of nitrogens with zero attached hydrogens (tertiary/aromatic N) is 1. The molecule has 0 saturated carbocycles. The fourth-order valence-corrected chi connectivity index (χ4v) is 6.49. The Bertz CT molecular complexity index is 1200. The molecule has 0 radical (unpaired) electrons. The first-order valence-corrected chi connectivity index (χ1v) is 10.8. The van der Waals surface area contributed by atoms with Crippen molar-refractivity contribution in [3.05, 3.63) is 101 Å². The number of benzene rings is 3. The third-order valence-electron chi connectivity index (χ3n) is 7.63. The van der Waals surface area contributed by atoms with Crippen LogP contribution in [0.4, 0.5) is 5.69 Å². The number of amides is 2. The molecular weight excluding hydrogens is 386 g/mol. The standard InChI is InChI=1S/C27H23NO3/c1-15-11-13-17(14-12-15)28-25(30)23-22-18-7-3-5-9-20(18)27(16(2)29,24(23)26(28)31)21-10-6-4-8-19(21)22/h3-14,16,22-24,29H,1-2H3/t16-,22?,23-,24+,27?/m0/s1. The number of carbonyl (C=O) groups excluding carboxylic acids is 2. The van der Waals surface area contributed by atoms with E-state index in [0.717, 1.165) is 27.8 Å². The topological polar surface area (TPSA) is 57.6 Å². The summed E-state index contributed by atoms with van der Waals surface area (Å²) in [5.41, 5.74) is 4.77. The summed E-state index contributed by atoms with van der Waals surface area (Å²) in [6.07, 6.45) is -0.835. The predicted octanol–water partition coefficient (Wildman–Crippen LogP) is 3.93. The Morgan fingerprint density at radius 1 is 0.839 bits per heavy atom. The summed E-state index contributed by atoms with van der Waals surface area (Å²) in [5.74, 6) is -1.72. The average Bonchev–Trinajstić information content (AvgIpc) is 3.05. The van der Waals surface area contributed by atoms with E-state index in [4.69, 9.17) is 0 Å². The van der Waals surface area contributed by atoms with Gasteiger partial charge in [-0.1, -0.05) is 66.2 Å². The fourth-order valence-electron chi connectivity index (χ4n) is 6.49. The number of anilines is 1. The van der Waals surface area contributed by atoms with Gasteiger partial charge in [0.05, 0.1) is 29.0 Å². The van der Waals surface area contributed by atoms with E-state index in [2.05, 4.69) is 12.1 Å². The van der Waals surface area contributed by atoms with Gasteiger partial charge in [0.25, 0.3) is 0 Å². The highest BCUT2D eigenvalue weighted by Crippen LogP contribution is 2.65. The Hall–Kier alpha value is -3.24. The van der Waals surface area contributed by atoms with E-state index in [9.17, 15) is 14.7 Å². The average molecular weight is 409 g/mol. The van der Waals surface area contributed by atoms with E-state index >= 15 is 0 Å². The molecule has 2 bridgehead atoms. The molecule has 3 atom stereocenters. The van der Waals surface area contributed by atoms with Gasteiger partial charge in [0.15, 0.2) is 0 Å². The fraction of sp³-hybridized carbons (Fsp3) is 0.259. The number of rotatable bonds is 2. The Morgan fingerprint density at radius 2 is 1.39 bits per heavy atom. The summed E-state index contributed by atoms with van der Waals surface area (Å²) in [4.78, 5) is 29.1. The molecule has 0 aromatic heterocycles. The van der Waals surface area contributed by atoms with Crippen LogP contribution in [0.1, 0.15) is 40.7 Å². The van der Waals surface area contributed by atoms with Crippen LogP contribution in [-0.2, 0) is 15.0 Å². The van der Waals surface area contributed by atoms with E-state index in [-0.39, 0.29) is 17.7 Å². The number of aliphatic hydroxyl groups is 1. The number of imide groups is 1. The monoisotopic (exact) mass is 409 g/mol. The van der Waals surface area contributed by atoms with Crippen molar-refractivity contribution in [1.29, 1.82) is 0 Å². The number of aliphatic hydroxyl groups excluding tert-OH is 1. The van der Waals surface area contributed by atoms with Crippen LogP contribution >= 0.6 is 0 Å². The van der Waals surface area contributed by atoms with Crippen molar-refractivity contribution in [2.45, 2.75) is 31.3 Å². The lowest BCUT2D eigenvalue weighted by Crippen LogP contribution is -2.58. The van der Waals surface area contributed by atoms with E-state index < -0.39 is 23.4 Å². The van der Waals surface area contributed by atoms with Crippen LogP contribution in [0.3, 0.4) is 0 Å². The number of hydrogen-bond donors (Lipinski definition) is 1. The molecule has 1 heterocycles. The molecule has 0 spiro atoms. The second kappa shape index (κ2) is 6.14. The Morgan fingerprint density at radius 3 is 1.94 bits per heavy atom. The third-order valence-corrected chi connectivity index (χ3v) is 7.63. The zero-order valence-electron chi connectivity index (χ0n) is 17.4. The van der Waals surface area contributed by atoms with E-state index in [1.54, 1.807) is 6.92 Å². The van der Waals surface area contributed by atoms with Crippen LogP contribution in [0.5, 0.6) is 0 Å². The second-order valence-corrected chi connectivity index (χ2v) is 9.05. The van der Waals surface area contributed by atoms with Gasteiger partial charge in [0, 0.05) is 5.92 Å². The lowest BCUT2D eigenvalue weighted by atomic mass is 9.46. The summed E-state index contributed by atoms with van der Waals surface area (Å²) in [5, 5.41) is 11.3. The molecule has 1 saturated heterocycles. The maximum Gasteiger partial charge on any atom is 0.239 e. The molecule has 1 fully saturated rings. The third kappa shape index (κ3) is 2.08. The van der Waals surface area contributed by atoms with Crippen molar-refractivity contribution in [1.82, 2.24) is 0 Å². The van der Waals surface area contributed by atoms with Crippen LogP contribution in [0.15, 0.2) is 72.8 Å². The van der Waals surface area contributed by atoms with Gasteiger partial charge in [-0.15, -0.1) is 0 Å². The van der Waals surface area contributed by atoms with Gasteiger partial charge in [-0.25, -0.2) is 4.90 Å². The Balaban J connectivity index is 1.66. The Labute approximate surface area is 181 Å². The number of hydrogen-bond acceptors (Lipinski definition) is 3. The molecule has 3 aromatic carbocycles. The zero-order valence-corrected chi connectivity index (χ0v) is 17.4. The molecule has 4 aliphatic rings. The predicted molar refractivity (Wildman–Crippen MR) is 118 cm³/mol. The molecular formula is C27H23NO3. The quantitative estimate of drug-likeness (QED) is 0.653. The molecule has 4 nitrogen and oxygen atoms in total. The summed E-state index contributed by atoms with van der Waals surface area (Å²) in [7, 11) is 0. The lowest BCUT2D eigenvalue weighted by Gasteiger charge is -2.55. The number of aryl methyl sites for hydroxylation is 1. The number of carbonyl (C=O) groups is 2. The van der Waals surface area contributed by atoms with Crippen molar-refractivity contribution in [3.8, 4) is 0 Å². The maximum absolute atomic E-state index is 13.9. The van der Waals surface area contributed by atoms with E-state index in [1.807, 2.05) is 67.6 Å². The van der Waals surface area contributed by atoms with Crippen LogP contribution in [0, 0.1) is 18.8 Å². The first kappa shape index (κ1) is 18.5. The molecule has 4 heteroatoms. The first-order chi connectivity index (χ1) is 15.0. The SMILES string of the molecule is Cc1ccc(N2C(=O)[C@H]3C4c5ccccc5C([C@H](C)O)(c5ccccc54)[C@H]3C2=O)cc1. The minimum atomic E-state index is -0.946. The molecule has 31 heavy (non-hydrogen) atoms. The Kier molecular flexibility index (Phi) is 3.67. The van der Waals surface area contributed by atoms with Gasteiger partial charge in [0.2, 0.25) is 11.8 Å². The molecule has 0 unspecified atom stereocenters. The van der Waals surface area contributed by atoms with Gasteiger partial charge < -0.3 is 5.11 Å². The summed E-state index contributed by atoms with van der Waals surface area (Å²) in [6, 6.07) is 23.5. The molecule has 2 amide bonds. The van der Waals surface area contributed by atoms with Gasteiger partial charge in [0.1, 0.15) is 0 Å². The van der Waals surface area contributed by atoms with Gasteiger partial charge in [-0.05, 0) is 48.2 Å². The molecule has 7 rings (SSSR count). The molecule has 3 aromatic rings. The normalized spacial score (nSPS) is 28.9. The minimum Gasteiger partial charge on any atom is -0.392 e. The van der Waals surface area contributed by atoms with Crippen LogP contribution in [0.25, 0.3) is 0 Å². The van der Waals surface area contributed by atoms with Crippen LogP contribution < -0.4 is 4.90 Å². The van der Waals surface area contributed by atoms with Gasteiger partial charge >= 0.3 is 0 Å². The van der Waals surface area contributed by atoms with Crippen molar-refractivity contribution < 1.29 is 14.7 Å². The van der Waals surface area contributed by atoms with Crippen molar-refractivity contribution in [2.75, 3.05) is 4.90 Å². The van der Waals surface area contributed by atoms with Gasteiger partial charge in [-0.3, -0.25) is 9.59 Å². The van der Waals surface area contributed by atoms with Crippen molar-refractivity contribution in [3.63, 3.8) is 0 Å². The zero-order chi connectivity index (χ0) is 21.5. The summed E-state index contributed by atoms with van der Waals surface area (Å²) >= 11 is 0. The highest BCUT2D eigenvalue weighted by atomic mass is 16.3. The van der Waals surface area contributed by atoms with Crippen molar-refractivity contribution >= 4 is 17.5 Å². The van der Waals surface area contributed by atoms with Crippen LogP contribution in [-0.4, -0.2) is 23.0 Å². The van der Waals surface area contributed by atoms with E-state index in [0.29, 0.717) is 5.69 Å².